The first kappa shape index (κ1) is 8.71. The molecule has 0 saturated carbocycles. The Morgan fingerprint density at radius 1 is 1.30 bits per heavy atom. The molecule has 0 amide bonds. The Morgan fingerprint density at radius 3 is 2.40 bits per heavy atom. The van der Waals surface area contributed by atoms with E-state index in [0.717, 1.165) is 0 Å². The van der Waals surface area contributed by atoms with E-state index in [1.807, 2.05) is 32.1 Å². The number of nitriles is 1. The molecule has 0 aliphatic heterocycles. The number of hydrogen-bond acceptors (Lipinski definition) is 1. The van der Waals surface area contributed by atoms with Gasteiger partial charge in [-0.2, -0.15) is 5.26 Å². The molecule has 0 radical (unpaired) electrons. The first-order valence-corrected chi connectivity index (χ1v) is 3.21. The zero-order valence-electron chi connectivity index (χ0n) is 6.33. The Labute approximate surface area is 62.0 Å². The maximum absolute atomic E-state index is 8.48. The van der Waals surface area contributed by atoms with Gasteiger partial charge in [0.05, 0.1) is 11.6 Å². The van der Waals surface area contributed by atoms with E-state index in [4.69, 9.17) is 5.26 Å². The minimum absolute atomic E-state index is 0.681. The van der Waals surface area contributed by atoms with E-state index >= 15 is 0 Å². The second kappa shape index (κ2) is 5.84. The van der Waals surface area contributed by atoms with Gasteiger partial charge in [0.15, 0.2) is 0 Å². The lowest BCUT2D eigenvalue weighted by molar-refractivity contribution is 1.49. The molecule has 0 rings (SSSR count). The van der Waals surface area contributed by atoms with E-state index in [-0.39, 0.29) is 0 Å². The maximum Gasteiger partial charge on any atom is 0.0991 e. The monoisotopic (exact) mass is 133 g/mol. The number of rotatable bonds is 2. The third kappa shape index (κ3) is 3.68. The van der Waals surface area contributed by atoms with Crippen LogP contribution in [0.2, 0.25) is 0 Å². The molecule has 0 atom stereocenters. The van der Waals surface area contributed by atoms with Crippen LogP contribution in [0.3, 0.4) is 0 Å². The van der Waals surface area contributed by atoms with Crippen molar-refractivity contribution in [3.63, 3.8) is 0 Å². The van der Waals surface area contributed by atoms with Crippen molar-refractivity contribution in [1.29, 1.82) is 5.26 Å². The Balaban J connectivity index is 4.22. The first-order chi connectivity index (χ1) is 4.85. The van der Waals surface area contributed by atoms with Crippen molar-refractivity contribution >= 4 is 0 Å². The summed E-state index contributed by atoms with van der Waals surface area (Å²) in [7, 11) is 0. The van der Waals surface area contributed by atoms with Gasteiger partial charge in [-0.1, -0.05) is 18.2 Å². The summed E-state index contributed by atoms with van der Waals surface area (Å²) in [4.78, 5) is 0. The quantitative estimate of drug-likeness (QED) is 0.419. The number of hydrogen-bond donors (Lipinski definition) is 0. The van der Waals surface area contributed by atoms with Gasteiger partial charge in [-0.25, -0.2) is 0 Å². The molecule has 0 spiro atoms. The number of allylic oxidation sites excluding steroid dienone is 6. The summed E-state index contributed by atoms with van der Waals surface area (Å²) in [6, 6.07) is 2.06. The molecule has 0 aliphatic carbocycles. The second-order valence-electron chi connectivity index (χ2n) is 1.76. The van der Waals surface area contributed by atoms with E-state index < -0.39 is 0 Å². The summed E-state index contributed by atoms with van der Waals surface area (Å²) in [6.07, 6.45) is 9.14. The van der Waals surface area contributed by atoms with Gasteiger partial charge >= 0.3 is 0 Å². The normalized spacial score (nSPS) is 12.7. The molecule has 0 saturated heterocycles. The Hall–Kier alpha value is -1.29. The van der Waals surface area contributed by atoms with Crippen LogP contribution < -0.4 is 0 Å². The summed E-state index contributed by atoms with van der Waals surface area (Å²) in [5, 5.41) is 8.48. The Kier molecular flexibility index (Phi) is 5.09. The summed E-state index contributed by atoms with van der Waals surface area (Å²) in [6.45, 7) is 3.81. The van der Waals surface area contributed by atoms with Crippen LogP contribution in [0, 0.1) is 11.3 Å². The van der Waals surface area contributed by atoms with Crippen molar-refractivity contribution in [2.24, 2.45) is 0 Å². The van der Waals surface area contributed by atoms with Gasteiger partial charge in [-0.3, -0.25) is 0 Å². The van der Waals surface area contributed by atoms with E-state index in [1.54, 1.807) is 12.2 Å². The van der Waals surface area contributed by atoms with Gasteiger partial charge in [0.1, 0.15) is 0 Å². The summed E-state index contributed by atoms with van der Waals surface area (Å²) in [5.74, 6) is 0. The van der Waals surface area contributed by atoms with Crippen LogP contribution in [0.5, 0.6) is 0 Å². The van der Waals surface area contributed by atoms with Crippen LogP contribution in [0.15, 0.2) is 36.0 Å². The molecule has 10 heavy (non-hydrogen) atoms. The van der Waals surface area contributed by atoms with Gasteiger partial charge in [0.2, 0.25) is 0 Å². The van der Waals surface area contributed by atoms with Crippen molar-refractivity contribution in [3.05, 3.63) is 36.0 Å². The number of nitrogens with zero attached hydrogens (tertiary/aromatic N) is 1. The van der Waals surface area contributed by atoms with Crippen LogP contribution in [-0.4, -0.2) is 0 Å². The van der Waals surface area contributed by atoms with Gasteiger partial charge < -0.3 is 0 Å². The van der Waals surface area contributed by atoms with Gasteiger partial charge in [0, 0.05) is 0 Å². The molecule has 0 aromatic carbocycles. The fourth-order valence-electron chi connectivity index (χ4n) is 0.510. The van der Waals surface area contributed by atoms with Gasteiger partial charge in [0.25, 0.3) is 0 Å². The topological polar surface area (TPSA) is 23.8 Å². The lowest BCUT2D eigenvalue weighted by atomic mass is 10.2. The average molecular weight is 133 g/mol. The van der Waals surface area contributed by atoms with Crippen LogP contribution in [-0.2, 0) is 0 Å². The lowest BCUT2D eigenvalue weighted by Crippen LogP contribution is -1.67. The van der Waals surface area contributed by atoms with Crippen LogP contribution in [0.4, 0.5) is 0 Å². The third-order valence-electron chi connectivity index (χ3n) is 0.944. The molecule has 0 unspecified atom stereocenters. The molecule has 0 aromatic heterocycles. The molecule has 1 nitrogen and oxygen atoms in total. The molecule has 52 valence electrons. The third-order valence-corrected chi connectivity index (χ3v) is 0.944. The zero-order valence-corrected chi connectivity index (χ0v) is 6.33. The second-order valence-corrected chi connectivity index (χ2v) is 1.76. The van der Waals surface area contributed by atoms with Crippen molar-refractivity contribution in [1.82, 2.24) is 0 Å². The first-order valence-electron chi connectivity index (χ1n) is 3.21. The average Bonchev–Trinajstić information content (AvgIpc) is 1.98. The van der Waals surface area contributed by atoms with Gasteiger partial charge in [-0.05, 0) is 26.0 Å². The molecule has 1 heteroatoms. The molecule has 0 aromatic rings. The summed E-state index contributed by atoms with van der Waals surface area (Å²) >= 11 is 0. The highest BCUT2D eigenvalue weighted by atomic mass is 14.2. The zero-order chi connectivity index (χ0) is 7.82. The Morgan fingerprint density at radius 2 is 2.00 bits per heavy atom. The molecular weight excluding hydrogens is 122 g/mol. The predicted molar refractivity (Wildman–Crippen MR) is 43.3 cm³/mol. The predicted octanol–water partition coefficient (Wildman–Crippen LogP) is 2.59. The van der Waals surface area contributed by atoms with Crippen molar-refractivity contribution < 1.29 is 0 Å². The van der Waals surface area contributed by atoms with E-state index in [2.05, 4.69) is 6.07 Å². The standard InChI is InChI=1S/C9H11N/c1-3-5-7-9(8-10)6-4-2/h3-7H,1-2H3/b5-3-,6-4-,9-7+. The molecule has 0 N–H and O–H groups in total. The Bertz CT molecular complexity index is 201. The van der Waals surface area contributed by atoms with Crippen LogP contribution >= 0.6 is 0 Å². The summed E-state index contributed by atoms with van der Waals surface area (Å²) in [5.41, 5.74) is 0.681. The van der Waals surface area contributed by atoms with E-state index in [0.29, 0.717) is 5.57 Å². The molecular formula is C9H11N. The smallest absolute Gasteiger partial charge is 0.0991 e. The van der Waals surface area contributed by atoms with E-state index in [1.165, 1.54) is 0 Å². The van der Waals surface area contributed by atoms with E-state index in [9.17, 15) is 0 Å². The van der Waals surface area contributed by atoms with Crippen LogP contribution in [0.1, 0.15) is 13.8 Å². The molecule has 0 aliphatic rings. The SMILES string of the molecule is C\C=C/C=C(C#N)\C=C/C. The lowest BCUT2D eigenvalue weighted by Gasteiger charge is -1.80. The maximum atomic E-state index is 8.48. The highest BCUT2D eigenvalue weighted by Crippen LogP contribution is 1.94. The molecule has 0 fully saturated rings. The van der Waals surface area contributed by atoms with Crippen molar-refractivity contribution in [2.75, 3.05) is 0 Å². The van der Waals surface area contributed by atoms with Gasteiger partial charge in [-0.15, -0.1) is 0 Å². The highest BCUT2D eigenvalue weighted by Gasteiger charge is 1.81. The van der Waals surface area contributed by atoms with Crippen LogP contribution in [0.25, 0.3) is 0 Å². The minimum atomic E-state index is 0.681. The van der Waals surface area contributed by atoms with Crippen molar-refractivity contribution in [3.8, 4) is 6.07 Å². The fraction of sp³-hybridized carbons (Fsp3) is 0.222. The summed E-state index contributed by atoms with van der Waals surface area (Å²) < 4.78 is 0. The largest absolute Gasteiger partial charge is 0.192 e. The highest BCUT2D eigenvalue weighted by molar-refractivity contribution is 5.35. The molecule has 0 bridgehead atoms. The minimum Gasteiger partial charge on any atom is -0.192 e. The fourth-order valence-corrected chi connectivity index (χ4v) is 0.510. The molecule has 0 heterocycles. The van der Waals surface area contributed by atoms with Crippen molar-refractivity contribution in [2.45, 2.75) is 13.8 Å².